The molecule has 4 heteroatoms. The number of rotatable bonds is 4. The van der Waals surface area contributed by atoms with Gasteiger partial charge in [0.2, 0.25) is 5.91 Å². The molecule has 3 rings (SSSR count). The third kappa shape index (κ3) is 3.04. The van der Waals surface area contributed by atoms with Crippen LogP contribution in [0.5, 0.6) is 5.75 Å². The molecule has 1 heterocycles. The van der Waals surface area contributed by atoms with Crippen LogP contribution in [0, 0.1) is 6.92 Å². The summed E-state index contributed by atoms with van der Waals surface area (Å²) in [4.78, 5) is 15.6. The Hall–Kier alpha value is -1.55. The number of methoxy groups -OCH3 is 1. The van der Waals surface area contributed by atoms with Crippen LogP contribution in [-0.4, -0.2) is 44.1 Å². The number of benzene rings is 1. The molecule has 1 aromatic carbocycles. The Morgan fingerprint density at radius 3 is 2.50 bits per heavy atom. The van der Waals surface area contributed by atoms with Crippen LogP contribution in [0.2, 0.25) is 0 Å². The van der Waals surface area contributed by atoms with E-state index in [0.29, 0.717) is 11.9 Å². The molecule has 1 saturated heterocycles. The number of hydrogen-bond donors (Lipinski definition) is 1. The van der Waals surface area contributed by atoms with Gasteiger partial charge >= 0.3 is 0 Å². The van der Waals surface area contributed by atoms with Crippen molar-refractivity contribution in [2.75, 3.05) is 27.2 Å². The Kier molecular flexibility index (Phi) is 5.14. The second-order valence-electron chi connectivity index (χ2n) is 7.33. The van der Waals surface area contributed by atoms with E-state index >= 15 is 0 Å². The van der Waals surface area contributed by atoms with Gasteiger partial charge in [-0.3, -0.25) is 4.79 Å². The van der Waals surface area contributed by atoms with E-state index in [1.807, 2.05) is 14.0 Å². The van der Waals surface area contributed by atoms with Crippen molar-refractivity contribution in [1.82, 2.24) is 10.2 Å². The van der Waals surface area contributed by atoms with Crippen molar-refractivity contribution < 1.29 is 9.53 Å². The molecule has 0 aromatic heterocycles. The molecular weight excluding hydrogens is 300 g/mol. The van der Waals surface area contributed by atoms with Crippen LogP contribution in [-0.2, 0) is 10.2 Å². The first-order valence-electron chi connectivity index (χ1n) is 9.22. The maximum atomic E-state index is 13.5. The van der Waals surface area contributed by atoms with Gasteiger partial charge in [0, 0.05) is 19.1 Å². The average Bonchev–Trinajstić information content (AvgIpc) is 3.12. The molecule has 0 radical (unpaired) electrons. The van der Waals surface area contributed by atoms with Crippen molar-refractivity contribution in [3.8, 4) is 5.75 Å². The fourth-order valence-electron chi connectivity index (χ4n) is 4.40. The van der Waals surface area contributed by atoms with Gasteiger partial charge in [-0.05, 0) is 56.8 Å². The highest BCUT2D eigenvalue weighted by Gasteiger charge is 2.45. The predicted octanol–water partition coefficient (Wildman–Crippen LogP) is 3.03. The summed E-state index contributed by atoms with van der Waals surface area (Å²) in [5.74, 6) is 1.22. The quantitative estimate of drug-likeness (QED) is 0.923. The number of carbonyl (C=O) groups is 1. The number of likely N-dealkylation sites (tertiary alicyclic amines) is 1. The molecule has 1 aliphatic carbocycles. The first-order valence-corrected chi connectivity index (χ1v) is 9.22. The van der Waals surface area contributed by atoms with Gasteiger partial charge in [-0.25, -0.2) is 0 Å². The minimum atomic E-state index is -0.340. The highest BCUT2D eigenvalue weighted by Crippen LogP contribution is 2.44. The van der Waals surface area contributed by atoms with Crippen LogP contribution in [0.4, 0.5) is 0 Å². The van der Waals surface area contributed by atoms with Crippen molar-refractivity contribution >= 4 is 5.91 Å². The monoisotopic (exact) mass is 330 g/mol. The Morgan fingerprint density at radius 2 is 1.92 bits per heavy atom. The molecule has 1 amide bonds. The molecular formula is C20H30N2O2. The lowest BCUT2D eigenvalue weighted by molar-refractivity contribution is -0.138. The summed E-state index contributed by atoms with van der Waals surface area (Å²) in [7, 11) is 3.72. The van der Waals surface area contributed by atoms with Gasteiger partial charge in [0.05, 0.1) is 12.5 Å². The normalized spacial score (nSPS) is 21.0. The van der Waals surface area contributed by atoms with Crippen LogP contribution < -0.4 is 10.1 Å². The Balaban J connectivity index is 1.87. The molecule has 0 spiro atoms. The largest absolute Gasteiger partial charge is 0.496 e. The van der Waals surface area contributed by atoms with Crippen molar-refractivity contribution in [2.45, 2.75) is 56.9 Å². The molecule has 1 aromatic rings. The first kappa shape index (κ1) is 17.3. The lowest BCUT2D eigenvalue weighted by atomic mass is 9.76. The van der Waals surface area contributed by atoms with Crippen molar-refractivity contribution in [2.24, 2.45) is 0 Å². The number of nitrogens with zero attached hydrogens (tertiary/aromatic N) is 1. The molecule has 132 valence electrons. The molecule has 0 bridgehead atoms. The number of piperidine rings is 1. The highest BCUT2D eigenvalue weighted by molar-refractivity contribution is 5.89. The molecule has 2 aliphatic rings. The summed E-state index contributed by atoms with van der Waals surface area (Å²) in [5, 5.41) is 3.34. The molecule has 1 saturated carbocycles. The Bertz CT molecular complexity index is 585. The Morgan fingerprint density at radius 1 is 1.25 bits per heavy atom. The van der Waals surface area contributed by atoms with E-state index < -0.39 is 0 Å². The van der Waals surface area contributed by atoms with Gasteiger partial charge in [0.1, 0.15) is 5.75 Å². The van der Waals surface area contributed by atoms with Gasteiger partial charge < -0.3 is 15.0 Å². The third-order valence-electron chi connectivity index (χ3n) is 6.02. The summed E-state index contributed by atoms with van der Waals surface area (Å²) < 4.78 is 5.51. The van der Waals surface area contributed by atoms with Crippen molar-refractivity contribution in [3.63, 3.8) is 0 Å². The van der Waals surface area contributed by atoms with Gasteiger partial charge in [0.15, 0.2) is 0 Å². The van der Waals surface area contributed by atoms with Gasteiger partial charge in [-0.1, -0.05) is 25.0 Å². The zero-order valence-electron chi connectivity index (χ0n) is 15.2. The standard InChI is InChI=1S/C20H30N2O2/c1-15-6-7-16(14-18(15)24-3)20(10-4-5-11-20)19(23)22-12-8-17(21-2)9-13-22/h6-7,14,17,21H,4-5,8-13H2,1-3H3. The lowest BCUT2D eigenvalue weighted by Gasteiger charge is -2.39. The molecule has 1 N–H and O–H groups in total. The molecule has 2 fully saturated rings. The number of aryl methyl sites for hydroxylation is 1. The predicted molar refractivity (Wildman–Crippen MR) is 96.5 cm³/mol. The SMILES string of the molecule is CNC1CCN(C(=O)C2(c3ccc(C)c(OC)c3)CCCC2)CC1. The second kappa shape index (κ2) is 7.14. The summed E-state index contributed by atoms with van der Waals surface area (Å²) in [5.41, 5.74) is 1.92. The van der Waals surface area contributed by atoms with E-state index in [9.17, 15) is 4.79 Å². The molecule has 24 heavy (non-hydrogen) atoms. The van der Waals surface area contributed by atoms with Crippen LogP contribution in [0.25, 0.3) is 0 Å². The molecule has 0 unspecified atom stereocenters. The highest BCUT2D eigenvalue weighted by atomic mass is 16.5. The van der Waals surface area contributed by atoms with E-state index in [2.05, 4.69) is 28.4 Å². The number of nitrogens with one attached hydrogen (secondary N) is 1. The maximum absolute atomic E-state index is 13.5. The van der Waals surface area contributed by atoms with Crippen LogP contribution in [0.3, 0.4) is 0 Å². The summed E-state index contributed by atoms with van der Waals surface area (Å²) in [6.07, 6.45) is 6.29. The minimum Gasteiger partial charge on any atom is -0.496 e. The molecule has 1 aliphatic heterocycles. The van der Waals surface area contributed by atoms with E-state index in [0.717, 1.165) is 68.5 Å². The number of carbonyl (C=O) groups excluding carboxylic acids is 1. The van der Waals surface area contributed by atoms with E-state index in [1.54, 1.807) is 7.11 Å². The number of ether oxygens (including phenoxy) is 1. The van der Waals surface area contributed by atoms with E-state index in [1.165, 1.54) is 0 Å². The fourth-order valence-corrected chi connectivity index (χ4v) is 4.40. The Labute approximate surface area is 145 Å². The second-order valence-corrected chi connectivity index (χ2v) is 7.33. The fraction of sp³-hybridized carbons (Fsp3) is 0.650. The van der Waals surface area contributed by atoms with Crippen molar-refractivity contribution in [3.05, 3.63) is 29.3 Å². The molecule has 0 atom stereocenters. The summed E-state index contributed by atoms with van der Waals surface area (Å²) in [6, 6.07) is 6.88. The smallest absolute Gasteiger partial charge is 0.233 e. The third-order valence-corrected chi connectivity index (χ3v) is 6.02. The summed E-state index contributed by atoms with van der Waals surface area (Å²) in [6.45, 7) is 3.79. The number of amides is 1. The minimum absolute atomic E-state index is 0.334. The van der Waals surface area contributed by atoms with Crippen LogP contribution in [0.1, 0.15) is 49.7 Å². The van der Waals surface area contributed by atoms with Gasteiger partial charge in [0.25, 0.3) is 0 Å². The maximum Gasteiger partial charge on any atom is 0.233 e. The van der Waals surface area contributed by atoms with Gasteiger partial charge in [-0.15, -0.1) is 0 Å². The number of hydrogen-bond acceptors (Lipinski definition) is 3. The lowest BCUT2D eigenvalue weighted by Crippen LogP contribution is -2.50. The first-order chi connectivity index (χ1) is 11.6. The zero-order valence-corrected chi connectivity index (χ0v) is 15.2. The van der Waals surface area contributed by atoms with Crippen molar-refractivity contribution in [1.29, 1.82) is 0 Å². The zero-order chi connectivity index (χ0) is 17.2. The van der Waals surface area contributed by atoms with Gasteiger partial charge in [-0.2, -0.15) is 0 Å². The van der Waals surface area contributed by atoms with E-state index in [-0.39, 0.29) is 5.41 Å². The van der Waals surface area contributed by atoms with Crippen LogP contribution in [0.15, 0.2) is 18.2 Å². The average molecular weight is 330 g/mol. The topological polar surface area (TPSA) is 41.6 Å². The van der Waals surface area contributed by atoms with Crippen LogP contribution >= 0.6 is 0 Å². The van der Waals surface area contributed by atoms with E-state index in [4.69, 9.17) is 4.74 Å². The summed E-state index contributed by atoms with van der Waals surface area (Å²) >= 11 is 0. The molecule has 4 nitrogen and oxygen atoms in total.